The molecule has 18 heavy (non-hydrogen) atoms. The van der Waals surface area contributed by atoms with Crippen molar-refractivity contribution in [3.63, 3.8) is 0 Å². The lowest BCUT2D eigenvalue weighted by atomic mass is 9.91. The number of ether oxygens (including phenoxy) is 1. The van der Waals surface area contributed by atoms with Crippen molar-refractivity contribution in [2.45, 2.75) is 31.7 Å². The second-order valence-corrected chi connectivity index (χ2v) is 5.19. The van der Waals surface area contributed by atoms with Crippen molar-refractivity contribution in [1.82, 2.24) is 9.80 Å². The first-order valence-corrected chi connectivity index (χ1v) is 7.11. The van der Waals surface area contributed by atoms with Gasteiger partial charge in [-0.2, -0.15) is 0 Å². The van der Waals surface area contributed by atoms with Crippen molar-refractivity contribution in [2.24, 2.45) is 5.73 Å². The molecule has 5 nitrogen and oxygen atoms in total. The number of morpholine rings is 1. The van der Waals surface area contributed by atoms with Crippen LogP contribution in [-0.4, -0.2) is 67.7 Å². The van der Waals surface area contributed by atoms with Crippen molar-refractivity contribution in [3.05, 3.63) is 0 Å². The fourth-order valence-electron chi connectivity index (χ4n) is 2.52. The zero-order valence-electron chi connectivity index (χ0n) is 11.1. The molecule has 2 N–H and O–H groups in total. The number of carbonyl (C=O) groups excluding carboxylic acids is 1. The molecule has 104 valence electrons. The van der Waals surface area contributed by atoms with E-state index in [1.165, 1.54) is 19.3 Å². The Kier molecular flexibility index (Phi) is 5.41. The van der Waals surface area contributed by atoms with Gasteiger partial charge in [-0.1, -0.05) is 6.42 Å². The molecule has 2 rings (SSSR count). The van der Waals surface area contributed by atoms with E-state index in [1.54, 1.807) is 0 Å². The van der Waals surface area contributed by atoms with E-state index in [0.29, 0.717) is 32.3 Å². The number of carbonyl (C=O) groups is 1. The van der Waals surface area contributed by atoms with Crippen LogP contribution in [0.4, 0.5) is 0 Å². The summed E-state index contributed by atoms with van der Waals surface area (Å²) in [5.74, 6) is 0.252. The van der Waals surface area contributed by atoms with Gasteiger partial charge in [0.15, 0.2) is 0 Å². The second-order valence-electron chi connectivity index (χ2n) is 5.19. The van der Waals surface area contributed by atoms with E-state index in [0.717, 1.165) is 26.1 Å². The molecule has 0 atom stereocenters. The van der Waals surface area contributed by atoms with Gasteiger partial charge in [-0.3, -0.25) is 9.69 Å². The Bertz CT molecular complexity index is 263. The van der Waals surface area contributed by atoms with Crippen molar-refractivity contribution in [1.29, 1.82) is 0 Å². The molecule has 0 aromatic heterocycles. The normalized spacial score (nSPS) is 21.1. The Morgan fingerprint density at radius 2 is 2.06 bits per heavy atom. The summed E-state index contributed by atoms with van der Waals surface area (Å²) in [6, 6.07) is 0.613. The molecule has 1 aliphatic heterocycles. The molecule has 1 saturated heterocycles. The fraction of sp³-hybridized carbons (Fsp3) is 0.923. The van der Waals surface area contributed by atoms with E-state index in [2.05, 4.69) is 4.90 Å². The highest BCUT2D eigenvalue weighted by Crippen LogP contribution is 2.24. The highest BCUT2D eigenvalue weighted by atomic mass is 16.5. The van der Waals surface area contributed by atoms with Crippen LogP contribution in [0.25, 0.3) is 0 Å². The summed E-state index contributed by atoms with van der Waals surface area (Å²) in [6.45, 7) is 5.06. The van der Waals surface area contributed by atoms with E-state index in [9.17, 15) is 4.79 Å². The topological polar surface area (TPSA) is 58.8 Å². The Morgan fingerprint density at radius 3 is 2.61 bits per heavy atom. The van der Waals surface area contributed by atoms with E-state index in [4.69, 9.17) is 10.5 Å². The largest absolute Gasteiger partial charge is 0.378 e. The minimum absolute atomic E-state index is 0.252. The van der Waals surface area contributed by atoms with Crippen LogP contribution < -0.4 is 5.73 Å². The molecule has 0 radical (unpaired) electrons. The summed E-state index contributed by atoms with van der Waals surface area (Å²) in [4.78, 5) is 16.5. The fourth-order valence-corrected chi connectivity index (χ4v) is 2.52. The van der Waals surface area contributed by atoms with Crippen LogP contribution in [0.5, 0.6) is 0 Å². The van der Waals surface area contributed by atoms with Crippen LogP contribution in [0.2, 0.25) is 0 Å². The Hall–Kier alpha value is -0.650. The van der Waals surface area contributed by atoms with Crippen LogP contribution >= 0.6 is 0 Å². The van der Waals surface area contributed by atoms with Gasteiger partial charge >= 0.3 is 0 Å². The van der Waals surface area contributed by atoms with Gasteiger partial charge in [-0.25, -0.2) is 0 Å². The Balaban J connectivity index is 1.80. The van der Waals surface area contributed by atoms with Crippen LogP contribution in [0, 0.1) is 0 Å². The van der Waals surface area contributed by atoms with E-state index in [-0.39, 0.29) is 5.91 Å². The van der Waals surface area contributed by atoms with E-state index in [1.807, 2.05) is 4.90 Å². The minimum Gasteiger partial charge on any atom is -0.378 e. The molecule has 1 heterocycles. The molecule has 2 aliphatic rings. The standard InChI is InChI=1S/C13H25N3O2/c14-5-2-6-16(12-3-1-4-12)11-13(17)15-7-9-18-10-8-15/h12H,1-11,14H2. The zero-order chi connectivity index (χ0) is 12.8. The zero-order valence-corrected chi connectivity index (χ0v) is 11.1. The Labute approximate surface area is 109 Å². The monoisotopic (exact) mass is 255 g/mol. The quantitative estimate of drug-likeness (QED) is 0.728. The molecule has 1 saturated carbocycles. The van der Waals surface area contributed by atoms with Crippen molar-refractivity contribution in [3.8, 4) is 0 Å². The summed E-state index contributed by atoms with van der Waals surface area (Å²) in [5, 5.41) is 0. The maximum atomic E-state index is 12.2. The number of hydrogen-bond donors (Lipinski definition) is 1. The van der Waals surface area contributed by atoms with Gasteiger partial charge in [0.25, 0.3) is 0 Å². The predicted octanol–water partition coefficient (Wildman–Crippen LogP) is 0.0485. The summed E-state index contributed by atoms with van der Waals surface area (Å²) in [7, 11) is 0. The molecular formula is C13H25N3O2. The average molecular weight is 255 g/mol. The summed E-state index contributed by atoms with van der Waals surface area (Å²) in [6.07, 6.45) is 4.75. The molecular weight excluding hydrogens is 230 g/mol. The van der Waals surface area contributed by atoms with Gasteiger partial charge in [0.1, 0.15) is 0 Å². The first-order chi connectivity index (χ1) is 8.81. The maximum absolute atomic E-state index is 12.2. The minimum atomic E-state index is 0.252. The Morgan fingerprint density at radius 1 is 1.33 bits per heavy atom. The van der Waals surface area contributed by atoms with Crippen molar-refractivity contribution in [2.75, 3.05) is 45.9 Å². The van der Waals surface area contributed by atoms with Gasteiger partial charge < -0.3 is 15.4 Å². The van der Waals surface area contributed by atoms with Gasteiger partial charge in [-0.05, 0) is 25.8 Å². The molecule has 1 aliphatic carbocycles. The lowest BCUT2D eigenvalue weighted by molar-refractivity contribution is -0.137. The molecule has 0 aromatic carbocycles. The van der Waals surface area contributed by atoms with Crippen molar-refractivity contribution < 1.29 is 9.53 Å². The summed E-state index contributed by atoms with van der Waals surface area (Å²) in [5.41, 5.74) is 5.57. The third-order valence-electron chi connectivity index (χ3n) is 3.94. The first-order valence-electron chi connectivity index (χ1n) is 7.11. The molecule has 1 amide bonds. The van der Waals surface area contributed by atoms with E-state index >= 15 is 0 Å². The third-order valence-corrected chi connectivity index (χ3v) is 3.94. The number of amides is 1. The van der Waals surface area contributed by atoms with Crippen LogP contribution in [0.1, 0.15) is 25.7 Å². The lowest BCUT2D eigenvalue weighted by Gasteiger charge is -2.38. The number of nitrogens with zero attached hydrogens (tertiary/aromatic N) is 2. The predicted molar refractivity (Wildman–Crippen MR) is 70.3 cm³/mol. The van der Waals surface area contributed by atoms with Gasteiger partial charge in [0, 0.05) is 25.7 Å². The van der Waals surface area contributed by atoms with E-state index < -0.39 is 0 Å². The molecule has 0 aromatic rings. The molecule has 0 bridgehead atoms. The average Bonchev–Trinajstić information content (AvgIpc) is 2.34. The van der Waals surface area contributed by atoms with Crippen LogP contribution in [0.3, 0.4) is 0 Å². The maximum Gasteiger partial charge on any atom is 0.236 e. The van der Waals surface area contributed by atoms with Gasteiger partial charge in [-0.15, -0.1) is 0 Å². The van der Waals surface area contributed by atoms with Gasteiger partial charge in [0.2, 0.25) is 5.91 Å². The first kappa shape index (κ1) is 13.8. The number of hydrogen-bond acceptors (Lipinski definition) is 4. The molecule has 0 unspecified atom stereocenters. The molecule has 2 fully saturated rings. The van der Waals surface area contributed by atoms with Gasteiger partial charge in [0.05, 0.1) is 19.8 Å². The third kappa shape index (κ3) is 3.67. The summed E-state index contributed by atoms with van der Waals surface area (Å²) >= 11 is 0. The smallest absolute Gasteiger partial charge is 0.236 e. The summed E-state index contributed by atoms with van der Waals surface area (Å²) < 4.78 is 5.28. The second kappa shape index (κ2) is 7.07. The van der Waals surface area contributed by atoms with Crippen molar-refractivity contribution >= 4 is 5.91 Å². The highest BCUT2D eigenvalue weighted by molar-refractivity contribution is 5.78. The molecule has 5 heteroatoms. The number of rotatable bonds is 6. The number of nitrogens with two attached hydrogens (primary N) is 1. The lowest BCUT2D eigenvalue weighted by Crippen LogP contribution is -2.50. The highest BCUT2D eigenvalue weighted by Gasteiger charge is 2.27. The van der Waals surface area contributed by atoms with Crippen LogP contribution in [0.15, 0.2) is 0 Å². The molecule has 0 spiro atoms. The van der Waals surface area contributed by atoms with Crippen LogP contribution in [-0.2, 0) is 9.53 Å². The SMILES string of the molecule is NCCCN(CC(=O)N1CCOCC1)C1CCC1.